The van der Waals surface area contributed by atoms with Crippen LogP contribution in [0.2, 0.25) is 0 Å². The Morgan fingerprint density at radius 3 is 1.14 bits per heavy atom. The number of carbonyl (C=O) groups is 2. The van der Waals surface area contributed by atoms with Crippen molar-refractivity contribution in [2.45, 2.75) is 95.7 Å². The number of hydrogen-bond donors (Lipinski definition) is 0. The van der Waals surface area contributed by atoms with Gasteiger partial charge in [0.25, 0.3) is 0 Å². The van der Waals surface area contributed by atoms with Gasteiger partial charge in [0, 0.05) is 12.8 Å². The van der Waals surface area contributed by atoms with Crippen molar-refractivity contribution in [2.24, 2.45) is 47.3 Å². The third kappa shape index (κ3) is 3.53. The average molecular weight is 401 g/mol. The van der Waals surface area contributed by atoms with Gasteiger partial charge >= 0.3 is 11.9 Å². The van der Waals surface area contributed by atoms with Gasteiger partial charge in [0.05, 0.1) is 0 Å². The highest BCUT2D eigenvalue weighted by molar-refractivity contribution is 5.72. The van der Waals surface area contributed by atoms with Gasteiger partial charge in [-0.1, -0.05) is 0 Å². The lowest BCUT2D eigenvalue weighted by Gasteiger charge is -2.53. The molecule has 4 heteroatoms. The van der Waals surface area contributed by atoms with Crippen molar-refractivity contribution in [2.75, 3.05) is 0 Å². The van der Waals surface area contributed by atoms with Gasteiger partial charge in [-0.2, -0.15) is 0 Å². The third-order valence-corrected chi connectivity index (χ3v) is 9.58. The Morgan fingerprint density at radius 2 is 0.828 bits per heavy atom. The molecule has 8 aliphatic carbocycles. The lowest BCUT2D eigenvalue weighted by molar-refractivity contribution is -0.172. The molecule has 0 spiro atoms. The summed E-state index contributed by atoms with van der Waals surface area (Å²) in [4.78, 5) is 24.9. The van der Waals surface area contributed by atoms with E-state index in [9.17, 15) is 9.59 Å². The summed E-state index contributed by atoms with van der Waals surface area (Å²) in [6.45, 7) is 0. The average Bonchev–Trinajstić information content (AvgIpc) is 2.66. The van der Waals surface area contributed by atoms with Crippen LogP contribution in [0.4, 0.5) is 0 Å². The van der Waals surface area contributed by atoms with Crippen LogP contribution in [-0.4, -0.2) is 24.1 Å². The van der Waals surface area contributed by atoms with Gasteiger partial charge < -0.3 is 9.47 Å². The zero-order chi connectivity index (χ0) is 19.5. The molecular formula is C25H36O4. The largest absolute Gasteiger partial charge is 0.462 e. The topological polar surface area (TPSA) is 52.6 Å². The van der Waals surface area contributed by atoms with Crippen molar-refractivity contribution in [3.05, 3.63) is 0 Å². The number of rotatable bonds is 6. The molecule has 160 valence electrons. The molecule has 0 aliphatic heterocycles. The number of esters is 2. The SMILES string of the molecule is O=C(CCCC(=O)OC1C2CC3CC(C2)CC1C3)OC1C2CC3CC(C2)CC1C3. The highest BCUT2D eigenvalue weighted by Gasteiger charge is 2.51. The normalized spacial score (nSPS) is 48.7. The van der Waals surface area contributed by atoms with E-state index >= 15 is 0 Å². The van der Waals surface area contributed by atoms with E-state index in [0.29, 0.717) is 42.9 Å². The maximum Gasteiger partial charge on any atom is 0.306 e. The monoisotopic (exact) mass is 400 g/mol. The van der Waals surface area contributed by atoms with Crippen LogP contribution >= 0.6 is 0 Å². The quantitative estimate of drug-likeness (QED) is 0.596. The minimum atomic E-state index is -0.0927. The van der Waals surface area contributed by atoms with Gasteiger partial charge in [-0.25, -0.2) is 0 Å². The molecule has 0 aromatic carbocycles. The van der Waals surface area contributed by atoms with Crippen molar-refractivity contribution in [1.29, 1.82) is 0 Å². The summed E-state index contributed by atoms with van der Waals surface area (Å²) in [6.07, 6.45) is 14.6. The van der Waals surface area contributed by atoms with E-state index in [1.54, 1.807) is 0 Å². The Kier molecular flexibility index (Phi) is 4.68. The van der Waals surface area contributed by atoms with E-state index in [1.165, 1.54) is 64.2 Å². The molecule has 0 heterocycles. The molecule has 8 saturated carbocycles. The van der Waals surface area contributed by atoms with Crippen molar-refractivity contribution in [3.63, 3.8) is 0 Å². The highest BCUT2D eigenvalue weighted by atomic mass is 16.5. The molecule has 0 N–H and O–H groups in total. The predicted octanol–water partition coefficient (Wildman–Crippen LogP) is 4.89. The van der Waals surface area contributed by atoms with Gasteiger partial charge in [-0.15, -0.1) is 0 Å². The van der Waals surface area contributed by atoms with Gasteiger partial charge in [0.2, 0.25) is 0 Å². The van der Waals surface area contributed by atoms with Crippen LogP contribution in [-0.2, 0) is 19.1 Å². The Bertz CT molecular complexity index is 558. The third-order valence-electron chi connectivity index (χ3n) is 9.58. The summed E-state index contributed by atoms with van der Waals surface area (Å²) >= 11 is 0. The second-order valence-corrected chi connectivity index (χ2v) is 11.6. The first-order valence-electron chi connectivity index (χ1n) is 12.5. The fraction of sp³-hybridized carbons (Fsp3) is 0.920. The summed E-state index contributed by atoms with van der Waals surface area (Å²) in [5.41, 5.74) is 0. The van der Waals surface area contributed by atoms with E-state index in [1.807, 2.05) is 0 Å². The molecule has 8 aliphatic rings. The Morgan fingerprint density at radius 1 is 0.517 bits per heavy atom. The Balaban J connectivity index is 0.944. The van der Waals surface area contributed by atoms with Gasteiger partial charge in [0.15, 0.2) is 0 Å². The maximum absolute atomic E-state index is 12.4. The smallest absolute Gasteiger partial charge is 0.306 e. The van der Waals surface area contributed by atoms with Crippen LogP contribution < -0.4 is 0 Å². The van der Waals surface area contributed by atoms with Gasteiger partial charge in [0.1, 0.15) is 12.2 Å². The number of ether oxygens (including phenoxy) is 2. The van der Waals surface area contributed by atoms with Crippen LogP contribution in [0.5, 0.6) is 0 Å². The Hall–Kier alpha value is -1.06. The summed E-state index contributed by atoms with van der Waals surface area (Å²) in [7, 11) is 0. The van der Waals surface area contributed by atoms with E-state index in [0.717, 1.165) is 23.7 Å². The van der Waals surface area contributed by atoms with Crippen LogP contribution in [0.1, 0.15) is 83.5 Å². The first kappa shape index (κ1) is 18.7. The van der Waals surface area contributed by atoms with Crippen molar-refractivity contribution < 1.29 is 19.1 Å². The van der Waals surface area contributed by atoms with Crippen molar-refractivity contribution >= 4 is 11.9 Å². The molecule has 0 unspecified atom stereocenters. The molecule has 0 saturated heterocycles. The summed E-state index contributed by atoms with van der Waals surface area (Å²) < 4.78 is 11.9. The lowest BCUT2D eigenvalue weighted by atomic mass is 9.55. The molecule has 4 nitrogen and oxygen atoms in total. The molecule has 0 atom stereocenters. The summed E-state index contributed by atoms with van der Waals surface area (Å²) in [5.74, 6) is 5.83. The predicted molar refractivity (Wildman–Crippen MR) is 108 cm³/mol. The van der Waals surface area contributed by atoms with Crippen LogP contribution in [0.3, 0.4) is 0 Å². The zero-order valence-electron chi connectivity index (χ0n) is 17.6. The molecule has 8 fully saturated rings. The molecule has 0 radical (unpaired) electrons. The lowest BCUT2D eigenvalue weighted by Crippen LogP contribution is -2.50. The number of hydrogen-bond acceptors (Lipinski definition) is 4. The van der Waals surface area contributed by atoms with Crippen LogP contribution in [0.25, 0.3) is 0 Å². The second kappa shape index (κ2) is 7.27. The minimum absolute atomic E-state index is 0.0927. The van der Waals surface area contributed by atoms with Gasteiger partial charge in [-0.05, 0) is 118 Å². The van der Waals surface area contributed by atoms with E-state index in [2.05, 4.69) is 0 Å². The highest BCUT2D eigenvalue weighted by Crippen LogP contribution is 2.55. The molecule has 8 bridgehead atoms. The van der Waals surface area contributed by atoms with E-state index < -0.39 is 0 Å². The van der Waals surface area contributed by atoms with Crippen LogP contribution in [0, 0.1) is 47.3 Å². The second-order valence-electron chi connectivity index (χ2n) is 11.6. The molecular weight excluding hydrogens is 364 g/mol. The maximum atomic E-state index is 12.4. The molecule has 0 amide bonds. The summed E-state index contributed by atoms with van der Waals surface area (Å²) in [5, 5.41) is 0. The molecule has 8 rings (SSSR count). The molecule has 29 heavy (non-hydrogen) atoms. The molecule has 0 aromatic rings. The standard InChI is InChI=1S/C25H36O4/c26-22(28-24-18-6-14-4-15(8-18)9-19(24)7-14)2-1-3-23(27)29-25-20-10-16-5-17(12-20)13-21(25)11-16/h14-21,24-25H,1-13H2. The fourth-order valence-corrected chi connectivity index (χ4v) is 8.93. The van der Waals surface area contributed by atoms with Crippen molar-refractivity contribution in [1.82, 2.24) is 0 Å². The van der Waals surface area contributed by atoms with Crippen LogP contribution in [0.15, 0.2) is 0 Å². The summed E-state index contributed by atoms with van der Waals surface area (Å²) in [6, 6.07) is 0. The Labute approximate surface area is 174 Å². The first-order chi connectivity index (χ1) is 14.1. The fourth-order valence-electron chi connectivity index (χ4n) is 8.93. The van der Waals surface area contributed by atoms with E-state index in [4.69, 9.17) is 9.47 Å². The van der Waals surface area contributed by atoms with E-state index in [-0.39, 0.29) is 24.1 Å². The van der Waals surface area contributed by atoms with Gasteiger partial charge in [-0.3, -0.25) is 9.59 Å². The van der Waals surface area contributed by atoms with Crippen molar-refractivity contribution in [3.8, 4) is 0 Å². The minimum Gasteiger partial charge on any atom is -0.462 e. The zero-order valence-corrected chi connectivity index (χ0v) is 17.6. The first-order valence-corrected chi connectivity index (χ1v) is 12.5. The molecule has 0 aromatic heterocycles. The number of carbonyl (C=O) groups excluding carboxylic acids is 2.